The van der Waals surface area contributed by atoms with Gasteiger partial charge < -0.3 is 14.5 Å². The van der Waals surface area contributed by atoms with E-state index in [-0.39, 0.29) is 12.5 Å². The van der Waals surface area contributed by atoms with Crippen molar-refractivity contribution >= 4 is 45.9 Å². The zero-order chi connectivity index (χ0) is 20.4. The minimum Gasteiger partial charge on any atom is -0.484 e. The fraction of sp³-hybridized carbons (Fsp3) is 0.0909. The molecular weight excluding hydrogens is 411 g/mol. The summed E-state index contributed by atoms with van der Waals surface area (Å²) in [6.45, 7) is 1.83. The number of amides is 1. The third-order valence-corrected chi connectivity index (χ3v) is 4.80. The average Bonchev–Trinajstić information content (AvgIpc) is 3.12. The van der Waals surface area contributed by atoms with Gasteiger partial charge in [-0.1, -0.05) is 29.3 Å². The smallest absolute Gasteiger partial charge is 0.262 e. The maximum absolute atomic E-state index is 12.3. The quantitative estimate of drug-likeness (QED) is 0.416. The number of hydrogen-bond donors (Lipinski definition) is 1. The third-order valence-electron chi connectivity index (χ3n) is 4.21. The topological polar surface area (TPSA) is 64.4 Å². The molecule has 1 heterocycles. The highest BCUT2D eigenvalue weighted by Crippen LogP contribution is 2.30. The molecule has 0 unspecified atom stereocenters. The molecule has 0 aliphatic heterocycles. The van der Waals surface area contributed by atoms with Crippen LogP contribution < -0.4 is 10.1 Å². The molecule has 0 radical (unpaired) electrons. The molecule has 3 aromatic carbocycles. The Bertz CT molecular complexity index is 1190. The molecule has 146 valence electrons. The number of anilines is 1. The SMILES string of the molecule is Cc1ccc2oc(-c3ccc(Cl)c(NC(=O)COc4ccc(Cl)cc4)c3)nc2c1. The molecule has 0 bridgehead atoms. The molecule has 0 aliphatic carbocycles. The van der Waals surface area contributed by atoms with Crippen molar-refractivity contribution in [1.29, 1.82) is 0 Å². The molecule has 29 heavy (non-hydrogen) atoms. The number of oxazole rings is 1. The number of carbonyl (C=O) groups is 1. The second-order valence-electron chi connectivity index (χ2n) is 6.48. The molecule has 1 N–H and O–H groups in total. The number of rotatable bonds is 5. The van der Waals surface area contributed by atoms with Crippen LogP contribution in [0.15, 0.2) is 65.1 Å². The van der Waals surface area contributed by atoms with Gasteiger partial charge in [-0.15, -0.1) is 0 Å². The largest absolute Gasteiger partial charge is 0.484 e. The Kier molecular flexibility index (Phi) is 5.43. The highest BCUT2D eigenvalue weighted by molar-refractivity contribution is 6.33. The van der Waals surface area contributed by atoms with E-state index in [9.17, 15) is 4.79 Å². The number of nitrogens with one attached hydrogen (secondary N) is 1. The van der Waals surface area contributed by atoms with Gasteiger partial charge in [-0.2, -0.15) is 0 Å². The molecule has 0 saturated carbocycles. The number of ether oxygens (including phenoxy) is 1. The van der Waals surface area contributed by atoms with E-state index < -0.39 is 0 Å². The summed E-state index contributed by atoms with van der Waals surface area (Å²) in [5.41, 5.74) is 3.73. The number of carbonyl (C=O) groups excluding carboxylic acids is 1. The Hall–Kier alpha value is -3.02. The zero-order valence-corrected chi connectivity index (χ0v) is 16.9. The first-order valence-corrected chi connectivity index (χ1v) is 9.59. The van der Waals surface area contributed by atoms with Crippen molar-refractivity contribution in [3.8, 4) is 17.2 Å². The normalized spacial score (nSPS) is 10.9. The molecule has 1 aromatic heterocycles. The summed E-state index contributed by atoms with van der Waals surface area (Å²) >= 11 is 12.1. The van der Waals surface area contributed by atoms with Crippen molar-refractivity contribution in [3.05, 3.63) is 76.3 Å². The molecule has 0 aliphatic rings. The van der Waals surface area contributed by atoms with E-state index in [1.54, 1.807) is 42.5 Å². The standard InChI is InChI=1S/C22H16Cl2N2O3/c1-13-2-9-20-19(10-13)26-22(29-20)14-3-8-17(24)18(11-14)25-21(27)12-28-16-6-4-15(23)5-7-16/h2-11H,12H2,1H3,(H,25,27). The number of aryl methyl sites for hydroxylation is 1. The van der Waals surface area contributed by atoms with Crippen molar-refractivity contribution in [2.75, 3.05) is 11.9 Å². The van der Waals surface area contributed by atoms with Gasteiger partial charge in [0.15, 0.2) is 12.2 Å². The Morgan fingerprint density at radius 3 is 2.66 bits per heavy atom. The van der Waals surface area contributed by atoms with Crippen LogP contribution in [0.25, 0.3) is 22.6 Å². The molecule has 0 saturated heterocycles. The lowest BCUT2D eigenvalue weighted by molar-refractivity contribution is -0.118. The molecule has 4 rings (SSSR count). The summed E-state index contributed by atoms with van der Waals surface area (Å²) in [5, 5.41) is 3.75. The van der Waals surface area contributed by atoms with Crippen LogP contribution in [0.1, 0.15) is 5.56 Å². The molecule has 0 atom stereocenters. The van der Waals surface area contributed by atoms with Crippen LogP contribution in [0.2, 0.25) is 10.0 Å². The van der Waals surface area contributed by atoms with Crippen molar-refractivity contribution in [3.63, 3.8) is 0 Å². The van der Waals surface area contributed by atoms with Gasteiger partial charge >= 0.3 is 0 Å². The fourth-order valence-electron chi connectivity index (χ4n) is 2.78. The predicted octanol–water partition coefficient (Wildman–Crippen LogP) is 6.13. The highest BCUT2D eigenvalue weighted by atomic mass is 35.5. The van der Waals surface area contributed by atoms with Crippen molar-refractivity contribution in [2.24, 2.45) is 0 Å². The van der Waals surface area contributed by atoms with Gasteiger partial charge in [-0.25, -0.2) is 4.98 Å². The first-order valence-electron chi connectivity index (χ1n) is 8.83. The van der Waals surface area contributed by atoms with Gasteiger partial charge in [-0.05, 0) is 67.1 Å². The lowest BCUT2D eigenvalue weighted by Crippen LogP contribution is -2.20. The second kappa shape index (κ2) is 8.15. The van der Waals surface area contributed by atoms with Crippen molar-refractivity contribution in [1.82, 2.24) is 4.98 Å². The summed E-state index contributed by atoms with van der Waals surface area (Å²) in [5.74, 6) is 0.661. The number of hydrogen-bond acceptors (Lipinski definition) is 4. The maximum Gasteiger partial charge on any atom is 0.262 e. The summed E-state index contributed by atoms with van der Waals surface area (Å²) in [6, 6.07) is 17.8. The predicted molar refractivity (Wildman–Crippen MR) is 115 cm³/mol. The molecule has 7 heteroatoms. The van der Waals surface area contributed by atoms with E-state index in [0.717, 1.165) is 11.1 Å². The Morgan fingerprint density at radius 1 is 1.07 bits per heavy atom. The van der Waals surface area contributed by atoms with Crippen LogP contribution in [0.4, 0.5) is 5.69 Å². The highest BCUT2D eigenvalue weighted by Gasteiger charge is 2.13. The van der Waals surface area contributed by atoms with Crippen molar-refractivity contribution < 1.29 is 13.9 Å². The average molecular weight is 427 g/mol. The van der Waals surface area contributed by atoms with Crippen molar-refractivity contribution in [2.45, 2.75) is 6.92 Å². The fourth-order valence-corrected chi connectivity index (χ4v) is 3.07. The van der Waals surface area contributed by atoms with Gasteiger partial charge in [0.2, 0.25) is 5.89 Å². The molecule has 1 amide bonds. The Labute approximate surface area is 177 Å². The van der Waals surface area contributed by atoms with E-state index in [1.165, 1.54) is 0 Å². The summed E-state index contributed by atoms with van der Waals surface area (Å²) in [6.07, 6.45) is 0. The second-order valence-corrected chi connectivity index (χ2v) is 7.32. The van der Waals surface area contributed by atoms with Crippen LogP contribution >= 0.6 is 23.2 Å². The lowest BCUT2D eigenvalue weighted by atomic mass is 10.2. The third kappa shape index (κ3) is 4.53. The van der Waals surface area contributed by atoms with Gasteiger partial charge in [0.1, 0.15) is 11.3 Å². The van der Waals surface area contributed by atoms with E-state index >= 15 is 0 Å². The number of fused-ring (bicyclic) bond motifs is 1. The zero-order valence-electron chi connectivity index (χ0n) is 15.4. The minimum absolute atomic E-state index is 0.162. The first kappa shape index (κ1) is 19.3. The monoisotopic (exact) mass is 426 g/mol. The van der Waals surface area contributed by atoms with E-state index in [4.69, 9.17) is 32.4 Å². The van der Waals surface area contributed by atoms with E-state index in [2.05, 4.69) is 10.3 Å². The first-order chi connectivity index (χ1) is 14.0. The van der Waals surface area contributed by atoms with E-state index in [0.29, 0.717) is 38.5 Å². The summed E-state index contributed by atoms with van der Waals surface area (Å²) in [4.78, 5) is 16.8. The number of halogens is 2. The summed E-state index contributed by atoms with van der Waals surface area (Å²) in [7, 11) is 0. The lowest BCUT2D eigenvalue weighted by Gasteiger charge is -2.10. The minimum atomic E-state index is -0.341. The Morgan fingerprint density at radius 2 is 1.86 bits per heavy atom. The van der Waals surface area contributed by atoms with E-state index in [1.807, 2.05) is 25.1 Å². The van der Waals surface area contributed by atoms with Crippen LogP contribution in [0.5, 0.6) is 5.75 Å². The van der Waals surface area contributed by atoms with Crippen LogP contribution in [-0.4, -0.2) is 17.5 Å². The molecule has 4 aromatic rings. The van der Waals surface area contributed by atoms with Gasteiger partial charge in [-0.3, -0.25) is 4.79 Å². The maximum atomic E-state index is 12.3. The number of aromatic nitrogens is 1. The van der Waals surface area contributed by atoms with Crippen LogP contribution in [-0.2, 0) is 4.79 Å². The number of nitrogens with zero attached hydrogens (tertiary/aromatic N) is 1. The van der Waals surface area contributed by atoms with Gasteiger partial charge in [0, 0.05) is 10.6 Å². The Balaban J connectivity index is 1.50. The van der Waals surface area contributed by atoms with Crippen LogP contribution in [0.3, 0.4) is 0 Å². The summed E-state index contributed by atoms with van der Waals surface area (Å²) < 4.78 is 11.3. The molecular formula is C22H16Cl2N2O3. The number of benzene rings is 3. The van der Waals surface area contributed by atoms with Gasteiger partial charge in [0.05, 0.1) is 10.7 Å². The molecule has 0 fully saturated rings. The van der Waals surface area contributed by atoms with Gasteiger partial charge in [0.25, 0.3) is 5.91 Å². The molecule has 0 spiro atoms. The molecule has 5 nitrogen and oxygen atoms in total. The van der Waals surface area contributed by atoms with Crippen LogP contribution in [0, 0.1) is 6.92 Å².